The summed E-state index contributed by atoms with van der Waals surface area (Å²) in [7, 11) is 1.15. The lowest BCUT2D eigenvalue weighted by Gasteiger charge is -2.17. The molecule has 3 amide bonds. The van der Waals surface area contributed by atoms with E-state index in [0.717, 1.165) is 7.11 Å². The average Bonchev–Trinajstić information content (AvgIpc) is 2.41. The SMILES string of the molecule is CCC(=O)Nc1ccccc1N([C]=O)C(=O)OC. The number of anilines is 2. The molecule has 1 rings (SSSR count). The number of ether oxygens (including phenoxy) is 1. The molecule has 0 aliphatic heterocycles. The molecule has 0 bridgehead atoms. The minimum absolute atomic E-state index is 0.209. The van der Waals surface area contributed by atoms with Crippen LogP contribution in [0.4, 0.5) is 16.2 Å². The molecule has 0 atom stereocenters. The number of methoxy groups -OCH3 is 1. The number of nitrogens with one attached hydrogen (secondary N) is 1. The van der Waals surface area contributed by atoms with Crippen LogP contribution in [0.25, 0.3) is 0 Å². The number of carbonyl (C=O) groups excluding carboxylic acids is 3. The lowest BCUT2D eigenvalue weighted by molar-refractivity contribution is -0.115. The first kappa shape index (κ1) is 13.7. The summed E-state index contributed by atoms with van der Waals surface area (Å²) in [5.74, 6) is -0.224. The highest BCUT2D eigenvalue weighted by Gasteiger charge is 2.20. The maximum atomic E-state index is 11.4. The number of hydrogen-bond acceptors (Lipinski definition) is 4. The van der Waals surface area contributed by atoms with Gasteiger partial charge in [-0.3, -0.25) is 9.59 Å². The van der Waals surface area contributed by atoms with Crippen LogP contribution in [0, 0.1) is 0 Å². The van der Waals surface area contributed by atoms with Gasteiger partial charge in [0.1, 0.15) is 0 Å². The summed E-state index contributed by atoms with van der Waals surface area (Å²) in [5, 5.41) is 2.59. The Hall–Kier alpha value is -2.37. The van der Waals surface area contributed by atoms with Crippen LogP contribution in [-0.2, 0) is 14.3 Å². The molecule has 0 aliphatic rings. The highest BCUT2D eigenvalue weighted by atomic mass is 16.5. The predicted molar refractivity (Wildman–Crippen MR) is 65.9 cm³/mol. The van der Waals surface area contributed by atoms with E-state index in [0.29, 0.717) is 10.6 Å². The van der Waals surface area contributed by atoms with Crippen LogP contribution in [0.2, 0.25) is 0 Å². The molecule has 0 saturated carbocycles. The van der Waals surface area contributed by atoms with Crippen LogP contribution < -0.4 is 10.2 Å². The lowest BCUT2D eigenvalue weighted by atomic mass is 10.2. The van der Waals surface area contributed by atoms with Gasteiger partial charge in [-0.1, -0.05) is 19.1 Å². The normalized spacial score (nSPS) is 9.44. The first-order valence-electron chi connectivity index (χ1n) is 5.28. The van der Waals surface area contributed by atoms with Gasteiger partial charge in [0.2, 0.25) is 5.91 Å². The minimum Gasteiger partial charge on any atom is -0.452 e. The number of carbonyl (C=O) groups is 2. The molecule has 0 aliphatic carbocycles. The third kappa shape index (κ3) is 3.07. The molecule has 6 heteroatoms. The molecular weight excluding hydrogens is 236 g/mol. The van der Waals surface area contributed by atoms with Crippen molar-refractivity contribution in [2.75, 3.05) is 17.3 Å². The summed E-state index contributed by atoms with van der Waals surface area (Å²) < 4.78 is 4.46. The fraction of sp³-hybridized carbons (Fsp3) is 0.250. The predicted octanol–water partition coefficient (Wildman–Crippen LogP) is 1.68. The Kier molecular flexibility index (Phi) is 4.86. The second-order valence-electron chi connectivity index (χ2n) is 3.32. The Morgan fingerprint density at radius 3 is 2.61 bits per heavy atom. The summed E-state index contributed by atoms with van der Waals surface area (Å²) in [6.07, 6.45) is 0.875. The van der Waals surface area contributed by atoms with E-state index in [1.807, 2.05) is 0 Å². The van der Waals surface area contributed by atoms with Crippen LogP contribution in [-0.4, -0.2) is 25.5 Å². The van der Waals surface area contributed by atoms with Crippen LogP contribution in [0.1, 0.15) is 13.3 Å². The summed E-state index contributed by atoms with van der Waals surface area (Å²) in [5.41, 5.74) is 0.555. The Labute approximate surface area is 105 Å². The first-order valence-corrected chi connectivity index (χ1v) is 5.28. The molecule has 1 aromatic carbocycles. The fourth-order valence-electron chi connectivity index (χ4n) is 1.29. The van der Waals surface area contributed by atoms with Crippen LogP contribution in [0.15, 0.2) is 24.3 Å². The van der Waals surface area contributed by atoms with Crippen molar-refractivity contribution in [3.8, 4) is 0 Å². The van der Waals surface area contributed by atoms with Crippen molar-refractivity contribution >= 4 is 29.8 Å². The van der Waals surface area contributed by atoms with Gasteiger partial charge in [0.05, 0.1) is 18.5 Å². The Morgan fingerprint density at radius 2 is 2.06 bits per heavy atom. The molecule has 0 spiro atoms. The second kappa shape index (κ2) is 6.39. The van der Waals surface area contributed by atoms with Gasteiger partial charge in [-0.15, -0.1) is 0 Å². The van der Waals surface area contributed by atoms with E-state index in [2.05, 4.69) is 10.1 Å². The highest BCUT2D eigenvalue weighted by molar-refractivity contribution is 6.08. The fourth-order valence-corrected chi connectivity index (χ4v) is 1.29. The van der Waals surface area contributed by atoms with Gasteiger partial charge in [-0.05, 0) is 12.1 Å². The minimum atomic E-state index is -0.872. The quantitative estimate of drug-likeness (QED) is 0.823. The Balaban J connectivity index is 3.10. The first-order chi connectivity index (χ1) is 8.63. The number of benzene rings is 1. The molecule has 0 unspecified atom stereocenters. The van der Waals surface area contributed by atoms with Crippen molar-refractivity contribution in [1.29, 1.82) is 0 Å². The molecule has 95 valence electrons. The lowest BCUT2D eigenvalue weighted by Crippen LogP contribution is -2.30. The van der Waals surface area contributed by atoms with E-state index in [9.17, 15) is 14.4 Å². The number of imide groups is 1. The number of hydrogen-bond donors (Lipinski definition) is 1. The number of rotatable bonds is 4. The zero-order valence-corrected chi connectivity index (χ0v) is 10.1. The van der Waals surface area contributed by atoms with E-state index in [1.165, 1.54) is 12.5 Å². The third-order valence-electron chi connectivity index (χ3n) is 2.19. The maximum absolute atomic E-state index is 11.4. The number of nitrogens with zero attached hydrogens (tertiary/aromatic N) is 1. The van der Waals surface area contributed by atoms with Crippen LogP contribution >= 0.6 is 0 Å². The Morgan fingerprint density at radius 1 is 1.39 bits per heavy atom. The molecule has 18 heavy (non-hydrogen) atoms. The van der Waals surface area contributed by atoms with Gasteiger partial charge >= 0.3 is 12.5 Å². The van der Waals surface area contributed by atoms with Crippen LogP contribution in [0.3, 0.4) is 0 Å². The van der Waals surface area contributed by atoms with E-state index in [-0.39, 0.29) is 18.0 Å². The standard InChI is InChI=1S/C12H13N2O4/c1-3-11(16)13-9-6-4-5-7-10(9)14(8-15)12(17)18-2/h4-7H,3H2,1-2H3,(H,13,16). The van der Waals surface area contributed by atoms with Crippen molar-refractivity contribution < 1.29 is 19.1 Å². The van der Waals surface area contributed by atoms with Gasteiger partial charge < -0.3 is 10.1 Å². The molecule has 1 aromatic rings. The van der Waals surface area contributed by atoms with Gasteiger partial charge in [-0.2, -0.15) is 0 Å². The van der Waals surface area contributed by atoms with Crippen molar-refractivity contribution in [3.63, 3.8) is 0 Å². The summed E-state index contributed by atoms with van der Waals surface area (Å²) in [4.78, 5) is 34.2. The molecule has 0 aromatic heterocycles. The van der Waals surface area contributed by atoms with E-state index >= 15 is 0 Å². The zero-order valence-electron chi connectivity index (χ0n) is 10.1. The van der Waals surface area contributed by atoms with E-state index in [1.54, 1.807) is 25.1 Å². The maximum Gasteiger partial charge on any atom is 0.421 e. The third-order valence-corrected chi connectivity index (χ3v) is 2.19. The highest BCUT2D eigenvalue weighted by Crippen LogP contribution is 2.25. The van der Waals surface area contributed by atoms with Crippen molar-refractivity contribution in [3.05, 3.63) is 24.3 Å². The van der Waals surface area contributed by atoms with Gasteiger partial charge in [0, 0.05) is 6.42 Å². The van der Waals surface area contributed by atoms with Crippen molar-refractivity contribution in [2.45, 2.75) is 13.3 Å². The largest absolute Gasteiger partial charge is 0.452 e. The van der Waals surface area contributed by atoms with Crippen molar-refractivity contribution in [2.24, 2.45) is 0 Å². The monoisotopic (exact) mass is 249 g/mol. The number of amides is 3. The van der Waals surface area contributed by atoms with Crippen LogP contribution in [0.5, 0.6) is 0 Å². The van der Waals surface area contributed by atoms with E-state index in [4.69, 9.17) is 0 Å². The molecule has 0 heterocycles. The smallest absolute Gasteiger partial charge is 0.421 e. The summed E-state index contributed by atoms with van der Waals surface area (Å²) in [6.45, 7) is 1.70. The van der Waals surface area contributed by atoms with Gasteiger partial charge in [0.15, 0.2) is 0 Å². The summed E-state index contributed by atoms with van der Waals surface area (Å²) in [6, 6.07) is 6.39. The topological polar surface area (TPSA) is 75.7 Å². The molecule has 0 fully saturated rings. The second-order valence-corrected chi connectivity index (χ2v) is 3.32. The molecule has 6 nitrogen and oxygen atoms in total. The molecule has 1 radical (unpaired) electrons. The summed E-state index contributed by atoms with van der Waals surface area (Å²) >= 11 is 0. The Bertz CT molecular complexity index is 459. The zero-order chi connectivity index (χ0) is 13.5. The molecular formula is C12H13N2O4. The van der Waals surface area contributed by atoms with E-state index < -0.39 is 6.09 Å². The van der Waals surface area contributed by atoms with Crippen molar-refractivity contribution in [1.82, 2.24) is 0 Å². The van der Waals surface area contributed by atoms with Gasteiger partial charge in [-0.25, -0.2) is 9.69 Å². The average molecular weight is 249 g/mol. The molecule has 1 N–H and O–H groups in total. The van der Waals surface area contributed by atoms with Gasteiger partial charge in [0.25, 0.3) is 0 Å². The number of para-hydroxylation sites is 2. The molecule has 0 saturated heterocycles.